The van der Waals surface area contributed by atoms with Crippen LogP contribution in [0.25, 0.3) is 11.0 Å². The van der Waals surface area contributed by atoms with Crippen LogP contribution in [0.1, 0.15) is 58.4 Å². The topological polar surface area (TPSA) is 25.2 Å². The Morgan fingerprint density at radius 2 is 1.90 bits per heavy atom. The lowest BCUT2D eigenvalue weighted by atomic mass is 9.85. The molecule has 2 heteroatoms. The lowest BCUT2D eigenvalue weighted by Gasteiger charge is -2.29. The van der Waals surface area contributed by atoms with E-state index in [0.29, 0.717) is 0 Å². The zero-order valence-corrected chi connectivity index (χ0v) is 13.4. The Balaban J connectivity index is 2.37. The van der Waals surface area contributed by atoms with E-state index < -0.39 is 0 Å². The van der Waals surface area contributed by atoms with Crippen LogP contribution in [0.3, 0.4) is 0 Å². The Bertz CT molecular complexity index is 562. The van der Waals surface area contributed by atoms with E-state index in [1.807, 2.05) is 0 Å². The van der Waals surface area contributed by atoms with E-state index in [4.69, 9.17) is 4.42 Å². The highest BCUT2D eigenvalue weighted by atomic mass is 16.3. The van der Waals surface area contributed by atoms with Gasteiger partial charge in [-0.15, -0.1) is 0 Å². The number of fused-ring (bicyclic) bond motifs is 1. The third-order valence-electron chi connectivity index (χ3n) is 3.76. The van der Waals surface area contributed by atoms with E-state index in [1.54, 1.807) is 0 Å². The molecule has 0 saturated heterocycles. The molecule has 0 fully saturated rings. The fourth-order valence-electron chi connectivity index (χ4n) is 2.60. The number of furan rings is 1. The molecule has 1 aromatic heterocycles. The van der Waals surface area contributed by atoms with Crippen molar-refractivity contribution in [2.24, 2.45) is 5.41 Å². The molecule has 0 aliphatic carbocycles. The van der Waals surface area contributed by atoms with Gasteiger partial charge in [0.25, 0.3) is 0 Å². The summed E-state index contributed by atoms with van der Waals surface area (Å²) < 4.78 is 6.09. The molecule has 0 radical (unpaired) electrons. The molecule has 2 rings (SSSR count). The molecule has 0 aliphatic heterocycles. The van der Waals surface area contributed by atoms with Crippen molar-refractivity contribution in [3.05, 3.63) is 35.6 Å². The predicted molar refractivity (Wildman–Crippen MR) is 86.1 cm³/mol. The molecule has 2 aromatic rings. The molecular formula is C18H27NO. The van der Waals surface area contributed by atoms with Gasteiger partial charge < -0.3 is 9.73 Å². The van der Waals surface area contributed by atoms with E-state index in [1.165, 1.54) is 10.9 Å². The zero-order valence-electron chi connectivity index (χ0n) is 13.4. The second kappa shape index (κ2) is 6.01. The van der Waals surface area contributed by atoms with Crippen molar-refractivity contribution in [2.75, 3.05) is 6.54 Å². The SMILES string of the molecule is CCCNC(c1cc2cc(CC)ccc2o1)C(C)(C)C. The van der Waals surface area contributed by atoms with Crippen molar-refractivity contribution in [1.29, 1.82) is 0 Å². The van der Waals surface area contributed by atoms with Gasteiger partial charge in [0.15, 0.2) is 0 Å². The van der Waals surface area contributed by atoms with Crippen molar-refractivity contribution in [1.82, 2.24) is 5.32 Å². The minimum Gasteiger partial charge on any atom is -0.459 e. The standard InChI is InChI=1S/C18H27NO/c1-6-10-19-17(18(3,4)5)16-12-14-11-13(7-2)8-9-15(14)20-16/h8-9,11-12,17,19H,6-7,10H2,1-5H3. The average molecular weight is 273 g/mol. The summed E-state index contributed by atoms with van der Waals surface area (Å²) in [5.41, 5.74) is 2.49. The van der Waals surface area contributed by atoms with Crippen molar-refractivity contribution in [3.8, 4) is 0 Å². The summed E-state index contributed by atoms with van der Waals surface area (Å²) in [5, 5.41) is 4.84. The van der Waals surface area contributed by atoms with Gasteiger partial charge in [0.05, 0.1) is 6.04 Å². The molecule has 1 N–H and O–H groups in total. The Morgan fingerprint density at radius 1 is 1.15 bits per heavy atom. The van der Waals surface area contributed by atoms with Crippen LogP contribution in [0.15, 0.2) is 28.7 Å². The van der Waals surface area contributed by atoms with Crippen molar-refractivity contribution < 1.29 is 4.42 Å². The molecule has 1 heterocycles. The van der Waals surface area contributed by atoms with Gasteiger partial charge in [0, 0.05) is 5.39 Å². The maximum atomic E-state index is 6.09. The molecule has 1 aromatic carbocycles. The first-order valence-corrected chi connectivity index (χ1v) is 7.71. The molecule has 0 saturated carbocycles. The average Bonchev–Trinajstić information content (AvgIpc) is 2.79. The summed E-state index contributed by atoms with van der Waals surface area (Å²) in [7, 11) is 0. The predicted octanol–water partition coefficient (Wildman–Crippen LogP) is 5.08. The third kappa shape index (κ3) is 3.24. The van der Waals surface area contributed by atoms with Crippen LogP contribution in [-0.2, 0) is 6.42 Å². The Labute approximate surface area is 122 Å². The Hall–Kier alpha value is -1.28. The minimum absolute atomic E-state index is 0.136. The normalized spacial score (nSPS) is 13.8. The number of hydrogen-bond acceptors (Lipinski definition) is 2. The van der Waals surface area contributed by atoms with Gasteiger partial charge in [0.2, 0.25) is 0 Å². The summed E-state index contributed by atoms with van der Waals surface area (Å²) >= 11 is 0. The maximum Gasteiger partial charge on any atom is 0.134 e. The lowest BCUT2D eigenvalue weighted by Crippen LogP contribution is -2.32. The number of benzene rings is 1. The molecule has 20 heavy (non-hydrogen) atoms. The molecule has 110 valence electrons. The second-order valence-corrected chi connectivity index (χ2v) is 6.63. The summed E-state index contributed by atoms with van der Waals surface area (Å²) in [6, 6.07) is 8.94. The van der Waals surface area contributed by atoms with Crippen LogP contribution in [0.4, 0.5) is 0 Å². The van der Waals surface area contributed by atoms with Crippen LogP contribution in [-0.4, -0.2) is 6.54 Å². The summed E-state index contributed by atoms with van der Waals surface area (Å²) in [4.78, 5) is 0. The number of hydrogen-bond donors (Lipinski definition) is 1. The fourth-order valence-corrected chi connectivity index (χ4v) is 2.60. The smallest absolute Gasteiger partial charge is 0.134 e. The Morgan fingerprint density at radius 3 is 2.50 bits per heavy atom. The largest absolute Gasteiger partial charge is 0.459 e. The Kier molecular flexibility index (Phi) is 4.54. The third-order valence-corrected chi connectivity index (χ3v) is 3.76. The molecule has 0 spiro atoms. The van der Waals surface area contributed by atoms with E-state index in [2.05, 4.69) is 64.2 Å². The lowest BCUT2D eigenvalue weighted by molar-refractivity contribution is 0.242. The molecule has 1 unspecified atom stereocenters. The van der Waals surface area contributed by atoms with Gasteiger partial charge in [-0.05, 0) is 48.6 Å². The first-order chi connectivity index (χ1) is 9.45. The van der Waals surface area contributed by atoms with Crippen molar-refractivity contribution >= 4 is 11.0 Å². The monoisotopic (exact) mass is 273 g/mol. The van der Waals surface area contributed by atoms with Gasteiger partial charge in [-0.25, -0.2) is 0 Å². The fraction of sp³-hybridized carbons (Fsp3) is 0.556. The summed E-state index contributed by atoms with van der Waals surface area (Å²) in [5.74, 6) is 1.05. The zero-order chi connectivity index (χ0) is 14.8. The second-order valence-electron chi connectivity index (χ2n) is 6.63. The van der Waals surface area contributed by atoms with E-state index in [-0.39, 0.29) is 11.5 Å². The van der Waals surface area contributed by atoms with Crippen LogP contribution in [0.5, 0.6) is 0 Å². The molecule has 0 aliphatic rings. The highest BCUT2D eigenvalue weighted by Gasteiger charge is 2.28. The van der Waals surface area contributed by atoms with Gasteiger partial charge in [0.1, 0.15) is 11.3 Å². The molecule has 0 bridgehead atoms. The number of nitrogens with one attached hydrogen (secondary N) is 1. The van der Waals surface area contributed by atoms with Crippen LogP contribution in [0, 0.1) is 5.41 Å². The molecule has 2 nitrogen and oxygen atoms in total. The van der Waals surface area contributed by atoms with Crippen LogP contribution in [0.2, 0.25) is 0 Å². The molecular weight excluding hydrogens is 246 g/mol. The van der Waals surface area contributed by atoms with Crippen molar-refractivity contribution in [3.63, 3.8) is 0 Å². The van der Waals surface area contributed by atoms with E-state index in [9.17, 15) is 0 Å². The van der Waals surface area contributed by atoms with Gasteiger partial charge in [-0.2, -0.15) is 0 Å². The molecule has 1 atom stereocenters. The van der Waals surface area contributed by atoms with Crippen LogP contribution < -0.4 is 5.32 Å². The first-order valence-electron chi connectivity index (χ1n) is 7.71. The quantitative estimate of drug-likeness (QED) is 0.821. The highest BCUT2D eigenvalue weighted by molar-refractivity contribution is 5.78. The van der Waals surface area contributed by atoms with E-state index >= 15 is 0 Å². The number of aryl methyl sites for hydroxylation is 1. The molecule has 0 amide bonds. The highest BCUT2D eigenvalue weighted by Crippen LogP contribution is 2.35. The summed E-state index contributed by atoms with van der Waals surface area (Å²) in [6.45, 7) is 12.2. The minimum atomic E-state index is 0.136. The first kappa shape index (κ1) is 15.1. The number of rotatable bonds is 5. The maximum absolute atomic E-state index is 6.09. The van der Waals surface area contributed by atoms with E-state index in [0.717, 1.165) is 30.7 Å². The van der Waals surface area contributed by atoms with Crippen LogP contribution >= 0.6 is 0 Å². The van der Waals surface area contributed by atoms with Gasteiger partial charge in [-0.1, -0.05) is 40.7 Å². The summed E-state index contributed by atoms with van der Waals surface area (Å²) in [6.07, 6.45) is 2.19. The van der Waals surface area contributed by atoms with Gasteiger partial charge >= 0.3 is 0 Å². The van der Waals surface area contributed by atoms with Gasteiger partial charge in [-0.3, -0.25) is 0 Å². The van der Waals surface area contributed by atoms with Crippen molar-refractivity contribution in [2.45, 2.75) is 53.5 Å².